The lowest BCUT2D eigenvalue weighted by molar-refractivity contribution is -0.114. The highest BCUT2D eigenvalue weighted by atomic mass is 16.2. The molecule has 0 aliphatic heterocycles. The van der Waals surface area contributed by atoms with E-state index in [0.717, 1.165) is 16.9 Å². The highest BCUT2D eigenvalue weighted by Gasteiger charge is 2.10. The third-order valence-electron chi connectivity index (χ3n) is 4.98. The number of carbonyl (C=O) groups excluding carboxylic acids is 2. The van der Waals surface area contributed by atoms with Crippen molar-refractivity contribution in [2.45, 2.75) is 20.8 Å². The van der Waals surface area contributed by atoms with Gasteiger partial charge in [0.15, 0.2) is 0 Å². The van der Waals surface area contributed by atoms with Crippen LogP contribution in [0.1, 0.15) is 28.4 Å². The van der Waals surface area contributed by atoms with Crippen molar-refractivity contribution in [2.24, 2.45) is 0 Å². The molecule has 6 heteroatoms. The number of carbonyl (C=O) groups is 2. The van der Waals surface area contributed by atoms with Gasteiger partial charge in [0.1, 0.15) is 5.65 Å². The van der Waals surface area contributed by atoms with Crippen molar-refractivity contribution in [3.05, 3.63) is 83.7 Å². The number of nitrogens with zero attached hydrogens (tertiary/aromatic N) is 2. The van der Waals surface area contributed by atoms with Crippen molar-refractivity contribution in [3.63, 3.8) is 0 Å². The molecule has 2 aromatic heterocycles. The van der Waals surface area contributed by atoms with Gasteiger partial charge in [-0.25, -0.2) is 4.98 Å². The summed E-state index contributed by atoms with van der Waals surface area (Å²) in [6.45, 7) is 5.62. The monoisotopic (exact) mass is 398 g/mol. The topological polar surface area (TPSA) is 75.5 Å². The quantitative estimate of drug-likeness (QED) is 0.517. The Morgan fingerprint density at radius 1 is 0.833 bits per heavy atom. The third-order valence-corrected chi connectivity index (χ3v) is 4.98. The van der Waals surface area contributed by atoms with E-state index in [0.29, 0.717) is 16.9 Å². The van der Waals surface area contributed by atoms with Crippen molar-refractivity contribution in [1.29, 1.82) is 0 Å². The van der Waals surface area contributed by atoms with Crippen LogP contribution in [0.2, 0.25) is 0 Å². The largest absolute Gasteiger partial charge is 0.326 e. The molecule has 0 atom stereocenters. The number of anilines is 2. The van der Waals surface area contributed by atoms with E-state index in [1.807, 2.05) is 16.7 Å². The lowest BCUT2D eigenvalue weighted by Gasteiger charge is -2.07. The summed E-state index contributed by atoms with van der Waals surface area (Å²) in [6, 6.07) is 16.8. The highest BCUT2D eigenvalue weighted by Crippen LogP contribution is 2.22. The van der Waals surface area contributed by atoms with Crippen LogP contribution in [-0.2, 0) is 4.79 Å². The number of hydrogen-bond acceptors (Lipinski definition) is 3. The first kappa shape index (κ1) is 19.4. The van der Waals surface area contributed by atoms with Crippen LogP contribution < -0.4 is 10.6 Å². The molecule has 2 N–H and O–H groups in total. The average molecular weight is 398 g/mol. The summed E-state index contributed by atoms with van der Waals surface area (Å²) in [4.78, 5) is 28.4. The summed E-state index contributed by atoms with van der Waals surface area (Å²) in [5.41, 5.74) is 7.00. The van der Waals surface area contributed by atoms with Gasteiger partial charge < -0.3 is 15.0 Å². The molecule has 30 heavy (non-hydrogen) atoms. The molecular weight excluding hydrogens is 376 g/mol. The number of pyridine rings is 1. The van der Waals surface area contributed by atoms with Gasteiger partial charge in [-0.3, -0.25) is 9.59 Å². The number of amides is 2. The van der Waals surface area contributed by atoms with Crippen LogP contribution >= 0.6 is 0 Å². The van der Waals surface area contributed by atoms with Crippen molar-refractivity contribution < 1.29 is 9.59 Å². The summed E-state index contributed by atoms with van der Waals surface area (Å²) in [5.74, 6) is -0.355. The number of rotatable bonds is 4. The van der Waals surface area contributed by atoms with Gasteiger partial charge in [0.25, 0.3) is 5.91 Å². The Bertz CT molecular complexity index is 1260. The predicted molar refractivity (Wildman–Crippen MR) is 119 cm³/mol. The van der Waals surface area contributed by atoms with Crippen LogP contribution in [0.25, 0.3) is 16.9 Å². The van der Waals surface area contributed by atoms with Crippen molar-refractivity contribution in [1.82, 2.24) is 9.38 Å². The first-order valence-electron chi connectivity index (χ1n) is 9.64. The summed E-state index contributed by atoms with van der Waals surface area (Å²) in [5, 5.41) is 5.57. The lowest BCUT2D eigenvalue weighted by atomic mass is 10.1. The van der Waals surface area contributed by atoms with E-state index >= 15 is 0 Å². The number of fused-ring (bicyclic) bond motifs is 1. The fraction of sp³-hybridized carbons (Fsp3) is 0.125. The second-order valence-electron chi connectivity index (χ2n) is 7.32. The van der Waals surface area contributed by atoms with E-state index in [1.165, 1.54) is 18.1 Å². The van der Waals surface area contributed by atoms with Crippen molar-refractivity contribution in [2.75, 3.05) is 10.6 Å². The molecule has 6 nitrogen and oxygen atoms in total. The molecule has 0 fully saturated rings. The van der Waals surface area contributed by atoms with Crippen LogP contribution in [-0.4, -0.2) is 21.2 Å². The van der Waals surface area contributed by atoms with Crippen LogP contribution in [0.15, 0.2) is 67.0 Å². The zero-order chi connectivity index (χ0) is 21.3. The molecule has 0 aliphatic rings. The number of aromatic nitrogens is 2. The smallest absolute Gasteiger partial charge is 0.257 e. The van der Waals surface area contributed by atoms with Crippen LogP contribution in [0.3, 0.4) is 0 Å². The maximum atomic E-state index is 12.7. The van der Waals surface area contributed by atoms with E-state index < -0.39 is 0 Å². The molecule has 0 radical (unpaired) electrons. The fourth-order valence-corrected chi connectivity index (χ4v) is 3.21. The maximum absolute atomic E-state index is 12.7. The zero-order valence-electron chi connectivity index (χ0n) is 17.1. The number of imidazole rings is 1. The molecule has 150 valence electrons. The van der Waals surface area contributed by atoms with E-state index in [-0.39, 0.29) is 11.8 Å². The minimum absolute atomic E-state index is 0.138. The molecule has 0 saturated heterocycles. The molecule has 0 spiro atoms. The molecule has 0 unspecified atom stereocenters. The van der Waals surface area contributed by atoms with Gasteiger partial charge in [0, 0.05) is 36.3 Å². The number of hydrogen-bond donors (Lipinski definition) is 2. The van der Waals surface area contributed by atoms with Crippen LogP contribution in [0, 0.1) is 13.8 Å². The predicted octanol–water partition coefficient (Wildman–Crippen LogP) is 4.83. The standard InChI is InChI=1S/C24H22N4O2/c1-15-4-5-18(12-16(15)2)22-14-28-13-19(6-11-23(28)27-22)24(30)26-21-9-7-20(8-10-21)25-17(3)29/h4-14H,1-3H3,(H,25,29)(H,26,30). The molecule has 4 rings (SSSR count). The van der Waals surface area contributed by atoms with E-state index in [1.54, 1.807) is 36.5 Å². The van der Waals surface area contributed by atoms with Gasteiger partial charge in [-0.05, 0) is 67.4 Å². The molecule has 2 heterocycles. The Morgan fingerprint density at radius 3 is 2.20 bits per heavy atom. The fourth-order valence-electron chi connectivity index (χ4n) is 3.21. The van der Waals surface area contributed by atoms with Gasteiger partial charge in [-0.15, -0.1) is 0 Å². The van der Waals surface area contributed by atoms with Crippen molar-refractivity contribution in [3.8, 4) is 11.3 Å². The molecule has 2 amide bonds. The third kappa shape index (κ3) is 4.07. The summed E-state index contributed by atoms with van der Waals surface area (Å²) < 4.78 is 1.86. The van der Waals surface area contributed by atoms with Gasteiger partial charge in [-0.2, -0.15) is 0 Å². The Kier molecular flexibility index (Phi) is 5.06. The molecule has 0 aliphatic carbocycles. The Morgan fingerprint density at radius 2 is 1.53 bits per heavy atom. The van der Waals surface area contributed by atoms with Gasteiger partial charge in [-0.1, -0.05) is 12.1 Å². The average Bonchev–Trinajstić information content (AvgIpc) is 3.14. The van der Waals surface area contributed by atoms with Gasteiger partial charge in [0.2, 0.25) is 5.91 Å². The molecule has 0 saturated carbocycles. The Hall–Kier alpha value is -3.93. The van der Waals surface area contributed by atoms with E-state index in [4.69, 9.17) is 0 Å². The van der Waals surface area contributed by atoms with Crippen molar-refractivity contribution >= 4 is 28.8 Å². The number of benzene rings is 2. The SMILES string of the molecule is CC(=O)Nc1ccc(NC(=O)c2ccc3nc(-c4ccc(C)c(C)c4)cn3c2)cc1. The molecule has 0 bridgehead atoms. The molecule has 4 aromatic rings. The first-order chi connectivity index (χ1) is 14.4. The first-order valence-corrected chi connectivity index (χ1v) is 9.64. The minimum Gasteiger partial charge on any atom is -0.326 e. The summed E-state index contributed by atoms with van der Waals surface area (Å²) in [6.07, 6.45) is 3.70. The van der Waals surface area contributed by atoms with Gasteiger partial charge in [0.05, 0.1) is 11.3 Å². The second-order valence-corrected chi connectivity index (χ2v) is 7.32. The summed E-state index contributed by atoms with van der Waals surface area (Å²) >= 11 is 0. The van der Waals surface area contributed by atoms with Gasteiger partial charge >= 0.3 is 0 Å². The maximum Gasteiger partial charge on any atom is 0.257 e. The van der Waals surface area contributed by atoms with Crippen LogP contribution in [0.4, 0.5) is 11.4 Å². The Balaban J connectivity index is 1.54. The minimum atomic E-state index is -0.217. The Labute approximate surface area is 174 Å². The lowest BCUT2D eigenvalue weighted by Crippen LogP contribution is -2.12. The highest BCUT2D eigenvalue weighted by molar-refractivity contribution is 6.04. The van der Waals surface area contributed by atoms with E-state index in [2.05, 4.69) is 47.7 Å². The number of aryl methyl sites for hydroxylation is 2. The van der Waals surface area contributed by atoms with Crippen LogP contribution in [0.5, 0.6) is 0 Å². The molecule has 2 aromatic carbocycles. The second kappa shape index (κ2) is 7.83. The van der Waals surface area contributed by atoms with E-state index in [9.17, 15) is 9.59 Å². The molecular formula is C24H22N4O2. The summed E-state index contributed by atoms with van der Waals surface area (Å²) in [7, 11) is 0. The zero-order valence-corrected chi connectivity index (χ0v) is 17.1. The normalized spacial score (nSPS) is 10.8. The number of nitrogens with one attached hydrogen (secondary N) is 2.